The number of hydrogen-bond donors (Lipinski definition) is 1. The Morgan fingerprint density at radius 1 is 0.793 bits per heavy atom. The van der Waals surface area contributed by atoms with E-state index in [1.54, 1.807) is 36.4 Å². The fourth-order valence-electron chi connectivity index (χ4n) is 3.22. The predicted octanol–water partition coefficient (Wildman–Crippen LogP) is 3.52. The second kappa shape index (κ2) is 6.79. The Labute approximate surface area is 167 Å². The normalized spacial score (nSPS) is 13.9. The van der Waals surface area contributed by atoms with E-state index in [0.717, 1.165) is 0 Å². The van der Waals surface area contributed by atoms with Crippen LogP contribution < -0.4 is 5.32 Å². The lowest BCUT2D eigenvalue weighted by Gasteiger charge is -2.19. The summed E-state index contributed by atoms with van der Waals surface area (Å²) in [6.45, 7) is 1.45. The number of Topliss-reactive ketones (excluding diaryl/α,β-unsaturated/α-hetero) is 1. The Kier molecular flexibility index (Phi) is 4.39. The Bertz CT molecular complexity index is 1290. The zero-order chi connectivity index (χ0) is 20.8. The number of nitrogens with one attached hydrogen (secondary N) is 1. The maximum absolute atomic E-state index is 13.0. The number of rotatable bonds is 3. The van der Waals surface area contributed by atoms with Crippen LogP contribution in [-0.4, -0.2) is 25.9 Å². The molecule has 1 amide bonds. The van der Waals surface area contributed by atoms with Gasteiger partial charge in [-0.15, -0.1) is 0 Å². The monoisotopic (exact) mass is 405 g/mol. The van der Waals surface area contributed by atoms with Crippen molar-refractivity contribution in [2.24, 2.45) is 0 Å². The van der Waals surface area contributed by atoms with Gasteiger partial charge in [-0.05, 0) is 61.5 Å². The molecular weight excluding hydrogens is 390 g/mol. The van der Waals surface area contributed by atoms with Gasteiger partial charge in [0.15, 0.2) is 11.6 Å². The van der Waals surface area contributed by atoms with E-state index in [1.165, 1.54) is 37.3 Å². The van der Waals surface area contributed by atoms with Crippen LogP contribution in [0.3, 0.4) is 0 Å². The number of fused-ring (bicyclic) bond motifs is 2. The Hall–Kier alpha value is -3.58. The maximum atomic E-state index is 13.0. The molecule has 0 aliphatic carbocycles. The van der Waals surface area contributed by atoms with E-state index in [4.69, 9.17) is 0 Å². The van der Waals surface area contributed by atoms with Gasteiger partial charge in [0.25, 0.3) is 5.91 Å². The summed E-state index contributed by atoms with van der Waals surface area (Å²) in [6, 6.07) is 16.4. The van der Waals surface area contributed by atoms with Gasteiger partial charge >= 0.3 is 0 Å². The SMILES string of the molecule is CC(=O)c1ccc(NC(=O)c2ccc3c(c2)S(=O)(=O)c2ccccc2C3=O)cc1. The Morgan fingerprint density at radius 2 is 1.41 bits per heavy atom. The zero-order valence-corrected chi connectivity index (χ0v) is 16.1. The standard InChI is InChI=1S/C22H15NO5S/c1-13(24)14-6-9-16(10-7-14)23-22(26)15-8-11-18-20(12-15)29(27,28)19-5-3-2-4-17(19)21(18)25/h2-12H,1H3,(H,23,26). The average molecular weight is 405 g/mol. The molecule has 7 heteroatoms. The molecule has 0 fully saturated rings. The van der Waals surface area contributed by atoms with Crippen molar-refractivity contribution in [1.82, 2.24) is 0 Å². The highest BCUT2D eigenvalue weighted by atomic mass is 32.2. The molecule has 1 aliphatic heterocycles. The fourth-order valence-corrected chi connectivity index (χ4v) is 4.89. The van der Waals surface area contributed by atoms with Gasteiger partial charge in [0, 0.05) is 27.9 Å². The van der Waals surface area contributed by atoms with Gasteiger partial charge in [-0.2, -0.15) is 0 Å². The van der Waals surface area contributed by atoms with Crippen molar-refractivity contribution in [2.45, 2.75) is 16.7 Å². The first-order valence-corrected chi connectivity index (χ1v) is 10.2. The average Bonchev–Trinajstić information content (AvgIpc) is 2.72. The minimum atomic E-state index is -3.92. The summed E-state index contributed by atoms with van der Waals surface area (Å²) in [5.74, 6) is -1.00. The summed E-state index contributed by atoms with van der Waals surface area (Å²) in [6.07, 6.45) is 0. The molecular formula is C22H15NO5S. The third-order valence-corrected chi connectivity index (χ3v) is 6.60. The van der Waals surface area contributed by atoms with E-state index in [-0.39, 0.29) is 32.3 Å². The summed E-state index contributed by atoms with van der Waals surface area (Å²) >= 11 is 0. The highest BCUT2D eigenvalue weighted by Gasteiger charge is 2.35. The van der Waals surface area contributed by atoms with Crippen LogP contribution >= 0.6 is 0 Å². The number of hydrogen-bond acceptors (Lipinski definition) is 5. The molecule has 1 heterocycles. The summed E-state index contributed by atoms with van der Waals surface area (Å²) in [5, 5.41) is 2.66. The number of benzene rings is 3. The van der Waals surface area contributed by atoms with Gasteiger partial charge in [0.2, 0.25) is 9.84 Å². The number of anilines is 1. The molecule has 0 atom stereocenters. The molecule has 0 radical (unpaired) electrons. The second-order valence-electron chi connectivity index (χ2n) is 6.63. The molecule has 0 bridgehead atoms. The lowest BCUT2D eigenvalue weighted by molar-refractivity contribution is 0.101. The van der Waals surface area contributed by atoms with Crippen molar-refractivity contribution in [2.75, 3.05) is 5.32 Å². The largest absolute Gasteiger partial charge is 0.322 e. The molecule has 144 valence electrons. The van der Waals surface area contributed by atoms with Crippen LogP contribution in [0.1, 0.15) is 43.6 Å². The predicted molar refractivity (Wildman–Crippen MR) is 106 cm³/mol. The van der Waals surface area contributed by atoms with Crippen LogP contribution in [0.25, 0.3) is 0 Å². The molecule has 29 heavy (non-hydrogen) atoms. The first kappa shape index (κ1) is 18.8. The first-order chi connectivity index (χ1) is 13.8. The molecule has 0 spiro atoms. The number of carbonyl (C=O) groups excluding carboxylic acids is 3. The molecule has 0 unspecified atom stereocenters. The van der Waals surface area contributed by atoms with Crippen LogP contribution in [0, 0.1) is 0 Å². The molecule has 4 rings (SSSR count). The molecule has 1 N–H and O–H groups in total. The molecule has 0 aromatic heterocycles. The van der Waals surface area contributed by atoms with Gasteiger partial charge in [-0.3, -0.25) is 14.4 Å². The number of amides is 1. The zero-order valence-electron chi connectivity index (χ0n) is 15.3. The number of ketones is 2. The third kappa shape index (κ3) is 3.15. The van der Waals surface area contributed by atoms with Crippen molar-refractivity contribution in [3.63, 3.8) is 0 Å². The minimum absolute atomic E-state index is 0.0473. The molecule has 6 nitrogen and oxygen atoms in total. The summed E-state index contributed by atoms with van der Waals surface area (Å²) in [5.41, 5.74) is 1.26. The van der Waals surface area contributed by atoms with E-state index in [0.29, 0.717) is 11.3 Å². The van der Waals surface area contributed by atoms with E-state index in [2.05, 4.69) is 5.32 Å². The van der Waals surface area contributed by atoms with Crippen LogP contribution in [0.5, 0.6) is 0 Å². The minimum Gasteiger partial charge on any atom is -0.322 e. The molecule has 3 aromatic carbocycles. The van der Waals surface area contributed by atoms with Gasteiger partial charge in [0.05, 0.1) is 9.79 Å². The molecule has 0 saturated heterocycles. The van der Waals surface area contributed by atoms with E-state index >= 15 is 0 Å². The maximum Gasteiger partial charge on any atom is 0.255 e. The summed E-state index contributed by atoms with van der Waals surface area (Å²) < 4.78 is 25.9. The van der Waals surface area contributed by atoms with Crippen molar-refractivity contribution < 1.29 is 22.8 Å². The lowest BCUT2D eigenvalue weighted by Crippen LogP contribution is -2.21. The lowest BCUT2D eigenvalue weighted by atomic mass is 10.0. The van der Waals surface area contributed by atoms with E-state index in [9.17, 15) is 22.8 Å². The summed E-state index contributed by atoms with van der Waals surface area (Å²) in [4.78, 5) is 36.4. The van der Waals surface area contributed by atoms with Crippen molar-refractivity contribution in [1.29, 1.82) is 0 Å². The van der Waals surface area contributed by atoms with Crippen molar-refractivity contribution >= 4 is 33.0 Å². The van der Waals surface area contributed by atoms with Crippen molar-refractivity contribution in [3.8, 4) is 0 Å². The molecule has 3 aromatic rings. The topological polar surface area (TPSA) is 97.4 Å². The molecule has 0 saturated carbocycles. The third-order valence-electron chi connectivity index (χ3n) is 4.75. The Balaban J connectivity index is 1.69. The molecule has 1 aliphatic rings. The highest BCUT2D eigenvalue weighted by molar-refractivity contribution is 7.91. The van der Waals surface area contributed by atoms with Gasteiger partial charge in [0.1, 0.15) is 0 Å². The van der Waals surface area contributed by atoms with Gasteiger partial charge in [-0.25, -0.2) is 8.42 Å². The van der Waals surface area contributed by atoms with Crippen molar-refractivity contribution in [3.05, 3.63) is 89.0 Å². The quantitative estimate of drug-likeness (QED) is 0.526. The Morgan fingerprint density at radius 3 is 2.10 bits per heavy atom. The number of sulfone groups is 1. The van der Waals surface area contributed by atoms with Gasteiger partial charge in [-0.1, -0.05) is 12.1 Å². The first-order valence-electron chi connectivity index (χ1n) is 8.74. The van der Waals surface area contributed by atoms with Crippen LogP contribution in [0.4, 0.5) is 5.69 Å². The van der Waals surface area contributed by atoms with E-state index in [1.807, 2.05) is 0 Å². The fraction of sp³-hybridized carbons (Fsp3) is 0.0455. The van der Waals surface area contributed by atoms with Crippen LogP contribution in [-0.2, 0) is 9.84 Å². The van der Waals surface area contributed by atoms with Gasteiger partial charge < -0.3 is 5.32 Å². The smallest absolute Gasteiger partial charge is 0.255 e. The van der Waals surface area contributed by atoms with Crippen LogP contribution in [0.15, 0.2) is 76.5 Å². The summed E-state index contributed by atoms with van der Waals surface area (Å²) in [7, 11) is -3.92. The van der Waals surface area contributed by atoms with Crippen LogP contribution in [0.2, 0.25) is 0 Å². The van der Waals surface area contributed by atoms with E-state index < -0.39 is 21.5 Å². The second-order valence-corrected chi connectivity index (χ2v) is 8.51. The highest BCUT2D eigenvalue weighted by Crippen LogP contribution is 2.34. The number of carbonyl (C=O) groups is 3.